The largest absolute Gasteiger partial charge is 0.384 e. The van der Waals surface area contributed by atoms with Crippen molar-refractivity contribution in [1.82, 2.24) is 19.5 Å². The third-order valence-corrected chi connectivity index (χ3v) is 6.24. The van der Waals surface area contributed by atoms with Gasteiger partial charge in [0.15, 0.2) is 0 Å². The summed E-state index contributed by atoms with van der Waals surface area (Å²) >= 11 is 0. The predicted molar refractivity (Wildman–Crippen MR) is 116 cm³/mol. The molecule has 1 fully saturated rings. The lowest BCUT2D eigenvalue weighted by atomic mass is 9.86. The van der Waals surface area contributed by atoms with E-state index in [2.05, 4.69) is 20.6 Å². The van der Waals surface area contributed by atoms with Crippen LogP contribution in [0.3, 0.4) is 0 Å². The molecule has 0 unspecified atom stereocenters. The SMILES string of the molecule is COCC1CCC(n2cnc(-c3ccc(F)cc3)c2-c2ccnc3[nH]ccc23)CC1. The van der Waals surface area contributed by atoms with E-state index in [1.165, 1.54) is 12.1 Å². The van der Waals surface area contributed by atoms with E-state index >= 15 is 0 Å². The summed E-state index contributed by atoms with van der Waals surface area (Å²) in [5.41, 5.74) is 4.82. The smallest absolute Gasteiger partial charge is 0.137 e. The number of methoxy groups -OCH3 is 1. The molecule has 0 bridgehead atoms. The first-order chi connectivity index (χ1) is 14.7. The van der Waals surface area contributed by atoms with Crippen molar-refractivity contribution in [1.29, 1.82) is 0 Å². The van der Waals surface area contributed by atoms with Crippen LogP contribution in [0, 0.1) is 11.7 Å². The van der Waals surface area contributed by atoms with Crippen LogP contribution in [0.25, 0.3) is 33.5 Å². The van der Waals surface area contributed by atoms with E-state index in [1.54, 1.807) is 19.2 Å². The Balaban J connectivity index is 1.62. The van der Waals surface area contributed by atoms with Crippen LogP contribution in [0.5, 0.6) is 0 Å². The highest BCUT2D eigenvalue weighted by molar-refractivity contribution is 5.95. The number of rotatable bonds is 5. The molecule has 3 aromatic heterocycles. The fraction of sp³-hybridized carbons (Fsp3) is 0.333. The summed E-state index contributed by atoms with van der Waals surface area (Å²) < 4.78 is 21.2. The Hall–Kier alpha value is -2.99. The molecule has 5 rings (SSSR count). The fourth-order valence-corrected chi connectivity index (χ4v) is 4.72. The van der Waals surface area contributed by atoms with Crippen LogP contribution in [0.4, 0.5) is 4.39 Å². The van der Waals surface area contributed by atoms with E-state index in [9.17, 15) is 4.39 Å². The number of aromatic amines is 1. The van der Waals surface area contributed by atoms with E-state index in [0.29, 0.717) is 12.0 Å². The van der Waals surface area contributed by atoms with Crippen LogP contribution in [0.15, 0.2) is 55.1 Å². The summed E-state index contributed by atoms with van der Waals surface area (Å²) in [5.74, 6) is 0.389. The Labute approximate surface area is 174 Å². The Morgan fingerprint density at radius 3 is 2.63 bits per heavy atom. The molecule has 5 nitrogen and oxygen atoms in total. The van der Waals surface area contributed by atoms with Gasteiger partial charge in [-0.3, -0.25) is 0 Å². The quantitative estimate of drug-likeness (QED) is 0.470. The molecule has 1 N–H and O–H groups in total. The van der Waals surface area contributed by atoms with Crippen LogP contribution in [0.2, 0.25) is 0 Å². The summed E-state index contributed by atoms with van der Waals surface area (Å²) in [6, 6.07) is 11.1. The molecular formula is C24H25FN4O. The second-order valence-electron chi connectivity index (χ2n) is 8.08. The minimum absolute atomic E-state index is 0.242. The highest BCUT2D eigenvalue weighted by Gasteiger charge is 2.27. The predicted octanol–water partition coefficient (Wildman–Crippen LogP) is 5.61. The molecule has 30 heavy (non-hydrogen) atoms. The first-order valence-electron chi connectivity index (χ1n) is 10.5. The molecule has 0 spiro atoms. The van der Waals surface area contributed by atoms with Gasteiger partial charge >= 0.3 is 0 Å². The molecule has 6 heteroatoms. The number of imidazole rings is 1. The average molecular weight is 404 g/mol. The number of nitrogens with one attached hydrogen (secondary N) is 1. The Morgan fingerprint density at radius 1 is 1.07 bits per heavy atom. The van der Waals surface area contributed by atoms with Crippen molar-refractivity contribution in [3.05, 3.63) is 60.9 Å². The number of hydrogen-bond acceptors (Lipinski definition) is 3. The van der Waals surface area contributed by atoms with Gasteiger partial charge in [-0.25, -0.2) is 14.4 Å². The lowest BCUT2D eigenvalue weighted by molar-refractivity contribution is 0.120. The average Bonchev–Trinajstić information content (AvgIpc) is 3.42. The van der Waals surface area contributed by atoms with Crippen LogP contribution < -0.4 is 0 Å². The van der Waals surface area contributed by atoms with Crippen LogP contribution in [-0.2, 0) is 4.74 Å². The molecule has 1 aliphatic rings. The second kappa shape index (κ2) is 8.03. The molecule has 1 aliphatic carbocycles. The standard InChI is InChI=1S/C24H25FN4O/c1-30-14-16-2-8-19(9-3-16)29-15-28-22(17-4-6-18(25)7-5-17)23(29)20-10-12-26-24-21(20)11-13-27-24/h4-7,10-13,15-16,19H,2-3,8-9,14H2,1H3,(H,26,27). The van der Waals surface area contributed by atoms with Crippen LogP contribution >= 0.6 is 0 Å². The van der Waals surface area contributed by atoms with Gasteiger partial charge in [-0.1, -0.05) is 0 Å². The molecular weight excluding hydrogens is 379 g/mol. The molecule has 3 heterocycles. The van der Waals surface area contributed by atoms with E-state index in [4.69, 9.17) is 9.72 Å². The number of ether oxygens (including phenoxy) is 1. The summed E-state index contributed by atoms with van der Waals surface area (Å²) in [4.78, 5) is 12.5. The number of H-pyrrole nitrogens is 1. The maximum Gasteiger partial charge on any atom is 0.137 e. The second-order valence-corrected chi connectivity index (χ2v) is 8.08. The van der Waals surface area contributed by atoms with E-state index < -0.39 is 0 Å². The molecule has 0 amide bonds. The fourth-order valence-electron chi connectivity index (χ4n) is 4.72. The first-order valence-corrected chi connectivity index (χ1v) is 10.5. The third kappa shape index (κ3) is 3.41. The Morgan fingerprint density at radius 2 is 1.87 bits per heavy atom. The molecule has 0 aliphatic heterocycles. The van der Waals surface area contributed by atoms with Gasteiger partial charge in [-0.2, -0.15) is 0 Å². The number of hydrogen-bond donors (Lipinski definition) is 1. The number of aromatic nitrogens is 4. The molecule has 154 valence electrons. The van der Waals surface area contributed by atoms with E-state index in [1.807, 2.05) is 24.8 Å². The van der Waals surface area contributed by atoms with Crippen molar-refractivity contribution in [2.75, 3.05) is 13.7 Å². The van der Waals surface area contributed by atoms with Crippen molar-refractivity contribution in [2.45, 2.75) is 31.7 Å². The summed E-state index contributed by atoms with van der Waals surface area (Å²) in [5, 5.41) is 1.07. The normalized spacial score (nSPS) is 19.4. The Kier molecular flexibility index (Phi) is 5.09. The number of pyridine rings is 1. The Bertz CT molecular complexity index is 1140. The van der Waals surface area contributed by atoms with Gasteiger partial charge in [0, 0.05) is 48.7 Å². The van der Waals surface area contributed by atoms with Crippen LogP contribution in [-0.4, -0.2) is 33.2 Å². The van der Waals surface area contributed by atoms with E-state index in [-0.39, 0.29) is 5.82 Å². The molecule has 0 atom stereocenters. The zero-order valence-corrected chi connectivity index (χ0v) is 17.0. The van der Waals surface area contributed by atoms with E-state index in [0.717, 1.165) is 65.8 Å². The van der Waals surface area contributed by atoms with Gasteiger partial charge in [0.05, 0.1) is 17.7 Å². The van der Waals surface area contributed by atoms with Gasteiger partial charge < -0.3 is 14.3 Å². The zero-order chi connectivity index (χ0) is 20.5. The van der Waals surface area contributed by atoms with Gasteiger partial charge in [-0.05, 0) is 68.0 Å². The monoisotopic (exact) mass is 404 g/mol. The highest BCUT2D eigenvalue weighted by atomic mass is 19.1. The molecule has 0 saturated heterocycles. The van der Waals surface area contributed by atoms with Crippen molar-refractivity contribution < 1.29 is 9.13 Å². The summed E-state index contributed by atoms with van der Waals surface area (Å²) in [7, 11) is 1.78. The summed E-state index contributed by atoms with van der Waals surface area (Å²) in [6.45, 7) is 0.832. The lowest BCUT2D eigenvalue weighted by Crippen LogP contribution is -2.21. The molecule has 1 saturated carbocycles. The first kappa shape index (κ1) is 19.0. The van der Waals surface area contributed by atoms with Gasteiger partial charge in [0.2, 0.25) is 0 Å². The van der Waals surface area contributed by atoms with Crippen molar-refractivity contribution in [2.24, 2.45) is 5.92 Å². The maximum absolute atomic E-state index is 13.5. The number of halogens is 1. The van der Waals surface area contributed by atoms with Gasteiger partial charge in [0.25, 0.3) is 0 Å². The van der Waals surface area contributed by atoms with Crippen LogP contribution in [0.1, 0.15) is 31.7 Å². The molecule has 0 radical (unpaired) electrons. The minimum Gasteiger partial charge on any atom is -0.384 e. The highest BCUT2D eigenvalue weighted by Crippen LogP contribution is 2.40. The van der Waals surface area contributed by atoms with Gasteiger partial charge in [-0.15, -0.1) is 0 Å². The van der Waals surface area contributed by atoms with Crippen molar-refractivity contribution in [3.8, 4) is 22.5 Å². The lowest BCUT2D eigenvalue weighted by Gasteiger charge is -2.30. The molecule has 1 aromatic carbocycles. The summed E-state index contributed by atoms with van der Waals surface area (Å²) in [6.07, 6.45) is 10.2. The van der Waals surface area contributed by atoms with Crippen molar-refractivity contribution >= 4 is 11.0 Å². The number of nitrogens with zero attached hydrogens (tertiary/aromatic N) is 3. The molecule has 4 aromatic rings. The number of fused-ring (bicyclic) bond motifs is 1. The number of benzene rings is 1. The minimum atomic E-state index is -0.242. The van der Waals surface area contributed by atoms with Crippen molar-refractivity contribution in [3.63, 3.8) is 0 Å². The van der Waals surface area contributed by atoms with Gasteiger partial charge in [0.1, 0.15) is 11.5 Å². The third-order valence-electron chi connectivity index (χ3n) is 6.24. The zero-order valence-electron chi connectivity index (χ0n) is 17.0. The topological polar surface area (TPSA) is 55.7 Å². The maximum atomic E-state index is 13.5.